The molecule has 0 aliphatic heterocycles. The minimum Gasteiger partial charge on any atom is -0.460 e. The van der Waals surface area contributed by atoms with Crippen molar-refractivity contribution >= 4 is 14.3 Å². The largest absolute Gasteiger partial charge is 0.460 e. The van der Waals surface area contributed by atoms with E-state index in [2.05, 4.69) is 27.4 Å². The molecule has 0 saturated carbocycles. The van der Waals surface area contributed by atoms with Crippen molar-refractivity contribution in [3.8, 4) is 0 Å². The second-order valence-corrected chi connectivity index (χ2v) is 9.14. The minimum atomic E-state index is -2.01. The highest BCUT2D eigenvalue weighted by Crippen LogP contribution is 2.29. The highest BCUT2D eigenvalue weighted by molar-refractivity contribution is 6.75. The number of unbranched alkanes of at least 4 members (excludes halogenated alkanes) is 1. The Bertz CT molecular complexity index is 260. The topological polar surface area (TPSA) is 35.5 Å². The summed E-state index contributed by atoms with van der Waals surface area (Å²) in [5, 5.41) is 0. The lowest BCUT2D eigenvalue weighted by Gasteiger charge is -2.36. The molecule has 0 N–H and O–H groups in total. The fourth-order valence-electron chi connectivity index (χ4n) is 2.55. The summed E-state index contributed by atoms with van der Waals surface area (Å²) in [5.74, 6) is -0.317. The first-order valence-electron chi connectivity index (χ1n) is 7.57. The van der Waals surface area contributed by atoms with E-state index in [1.165, 1.54) is 6.08 Å². The van der Waals surface area contributed by atoms with Gasteiger partial charge in [0, 0.05) is 12.7 Å². The summed E-state index contributed by atoms with van der Waals surface area (Å²) < 4.78 is 11.8. The summed E-state index contributed by atoms with van der Waals surface area (Å²) in [6.07, 6.45) is 5.42. The highest BCUT2D eigenvalue weighted by Gasteiger charge is 2.42. The van der Waals surface area contributed by atoms with Crippen LogP contribution in [0.3, 0.4) is 0 Å². The number of hydrogen-bond donors (Lipinski definition) is 0. The average Bonchev–Trinajstić information content (AvgIpc) is 2.42. The van der Waals surface area contributed by atoms with E-state index in [0.29, 0.717) is 6.61 Å². The van der Waals surface area contributed by atoms with Gasteiger partial charge in [-0.05, 0) is 25.4 Å². The van der Waals surface area contributed by atoms with E-state index in [1.807, 2.05) is 6.92 Å². The second kappa shape index (κ2) is 10.2. The second-order valence-electron chi connectivity index (χ2n) is 4.87. The van der Waals surface area contributed by atoms with Crippen molar-refractivity contribution in [2.45, 2.75) is 71.2 Å². The van der Waals surface area contributed by atoms with Gasteiger partial charge in [-0.15, -0.1) is 0 Å². The number of carbonyl (C=O) groups is 1. The summed E-state index contributed by atoms with van der Waals surface area (Å²) in [7, 11) is -2.01. The molecule has 0 amide bonds. The number of rotatable bonds is 11. The smallest absolute Gasteiger partial charge is 0.330 e. The molecule has 0 aromatic rings. The van der Waals surface area contributed by atoms with E-state index >= 15 is 0 Å². The molecule has 4 heteroatoms. The van der Waals surface area contributed by atoms with E-state index in [0.717, 1.165) is 37.8 Å². The van der Waals surface area contributed by atoms with Crippen LogP contribution >= 0.6 is 0 Å². The van der Waals surface area contributed by atoms with Crippen LogP contribution in [-0.4, -0.2) is 26.6 Å². The molecule has 0 heterocycles. The molecule has 3 nitrogen and oxygen atoms in total. The van der Waals surface area contributed by atoms with Crippen molar-refractivity contribution in [1.82, 2.24) is 0 Å². The fraction of sp³-hybridized carbons (Fsp3) is 0.800. The summed E-state index contributed by atoms with van der Waals surface area (Å²) in [4.78, 5) is 11.6. The maximum atomic E-state index is 11.6. The first-order valence-corrected chi connectivity index (χ1v) is 9.97. The standard InChI is InChI=1S/C15H30O3Si/c1-6-11-12-15(18-14(16)8-3)19(10-5,13-7-2)17-9-4/h8,15H,3,6-7,9-13H2,1-2,4-5H3. The lowest BCUT2D eigenvalue weighted by Crippen LogP contribution is -2.52. The van der Waals surface area contributed by atoms with Crippen molar-refractivity contribution < 1.29 is 14.0 Å². The van der Waals surface area contributed by atoms with Gasteiger partial charge in [0.05, 0.1) is 0 Å². The van der Waals surface area contributed by atoms with Crippen LogP contribution in [0.25, 0.3) is 0 Å². The van der Waals surface area contributed by atoms with Gasteiger partial charge in [0.25, 0.3) is 0 Å². The maximum absolute atomic E-state index is 11.6. The molecule has 0 aliphatic rings. The van der Waals surface area contributed by atoms with Crippen molar-refractivity contribution in [2.75, 3.05) is 6.61 Å². The third-order valence-electron chi connectivity index (χ3n) is 3.54. The SMILES string of the molecule is C=CC(=O)OC(CCCC)[Si](CC)(CCC)OCC. The molecule has 0 bridgehead atoms. The first-order chi connectivity index (χ1) is 9.10. The lowest BCUT2D eigenvalue weighted by atomic mass is 10.3. The molecule has 0 rings (SSSR count). The normalized spacial score (nSPS) is 15.6. The monoisotopic (exact) mass is 286 g/mol. The molecule has 112 valence electrons. The van der Waals surface area contributed by atoms with E-state index < -0.39 is 8.32 Å². The molecule has 0 aliphatic carbocycles. The molecule has 0 fully saturated rings. The molecule has 0 aromatic heterocycles. The average molecular weight is 286 g/mol. The Morgan fingerprint density at radius 2 is 1.95 bits per heavy atom. The van der Waals surface area contributed by atoms with E-state index in [4.69, 9.17) is 9.16 Å². The highest BCUT2D eigenvalue weighted by atomic mass is 28.4. The quantitative estimate of drug-likeness (QED) is 0.324. The van der Waals surface area contributed by atoms with Crippen molar-refractivity contribution in [2.24, 2.45) is 0 Å². The Morgan fingerprint density at radius 3 is 2.37 bits per heavy atom. The molecule has 0 spiro atoms. The van der Waals surface area contributed by atoms with Crippen molar-refractivity contribution in [3.63, 3.8) is 0 Å². The van der Waals surface area contributed by atoms with Gasteiger partial charge in [-0.25, -0.2) is 4.79 Å². The zero-order valence-corrected chi connectivity index (χ0v) is 14.0. The third-order valence-corrected chi connectivity index (χ3v) is 8.52. The van der Waals surface area contributed by atoms with Gasteiger partial charge >= 0.3 is 5.97 Å². The zero-order valence-electron chi connectivity index (χ0n) is 13.0. The molecule has 2 atom stereocenters. The van der Waals surface area contributed by atoms with Crippen molar-refractivity contribution in [1.29, 1.82) is 0 Å². The van der Waals surface area contributed by atoms with Gasteiger partial charge in [-0.2, -0.15) is 0 Å². The van der Waals surface area contributed by atoms with Gasteiger partial charge in [-0.3, -0.25) is 0 Å². The third kappa shape index (κ3) is 5.91. The van der Waals surface area contributed by atoms with Crippen LogP contribution in [0.4, 0.5) is 0 Å². The number of esters is 1. The molecule has 0 aromatic carbocycles. The fourth-order valence-corrected chi connectivity index (χ4v) is 6.70. The number of ether oxygens (including phenoxy) is 1. The predicted molar refractivity (Wildman–Crippen MR) is 82.6 cm³/mol. The van der Waals surface area contributed by atoms with E-state index in [-0.39, 0.29) is 11.7 Å². The van der Waals surface area contributed by atoms with Crippen LogP contribution < -0.4 is 0 Å². The van der Waals surface area contributed by atoms with Gasteiger partial charge in [-0.1, -0.05) is 46.6 Å². The van der Waals surface area contributed by atoms with Crippen LogP contribution in [0.15, 0.2) is 12.7 Å². The Balaban J connectivity index is 5.06. The van der Waals surface area contributed by atoms with Crippen LogP contribution in [0, 0.1) is 0 Å². The molecule has 0 radical (unpaired) electrons. The Labute approximate surface area is 119 Å². The van der Waals surface area contributed by atoms with Gasteiger partial charge in [0.1, 0.15) is 5.73 Å². The maximum Gasteiger partial charge on any atom is 0.330 e. The Kier molecular flexibility index (Phi) is 9.88. The predicted octanol–water partition coefficient (Wildman–Crippen LogP) is 4.23. The van der Waals surface area contributed by atoms with Crippen molar-refractivity contribution in [3.05, 3.63) is 12.7 Å². The lowest BCUT2D eigenvalue weighted by molar-refractivity contribution is -0.140. The van der Waals surface area contributed by atoms with Gasteiger partial charge in [0.2, 0.25) is 8.32 Å². The van der Waals surface area contributed by atoms with Gasteiger partial charge in [0.15, 0.2) is 0 Å². The first kappa shape index (κ1) is 18.4. The molecule has 0 saturated heterocycles. The summed E-state index contributed by atoms with van der Waals surface area (Å²) >= 11 is 0. The molecule has 2 unspecified atom stereocenters. The van der Waals surface area contributed by atoms with Crippen LogP contribution in [0.5, 0.6) is 0 Å². The van der Waals surface area contributed by atoms with Gasteiger partial charge < -0.3 is 9.16 Å². The summed E-state index contributed by atoms with van der Waals surface area (Å²) in [6, 6.07) is 2.05. The molecular formula is C15H30O3Si. The zero-order chi connectivity index (χ0) is 14.7. The summed E-state index contributed by atoms with van der Waals surface area (Å²) in [6.45, 7) is 12.7. The number of carbonyl (C=O) groups excluding carboxylic acids is 1. The number of hydrogen-bond acceptors (Lipinski definition) is 3. The molecule has 19 heavy (non-hydrogen) atoms. The minimum absolute atomic E-state index is 0.0390. The van der Waals surface area contributed by atoms with Crippen LogP contribution in [-0.2, 0) is 14.0 Å². The Morgan fingerprint density at radius 1 is 1.26 bits per heavy atom. The van der Waals surface area contributed by atoms with Crippen LogP contribution in [0.2, 0.25) is 12.1 Å². The van der Waals surface area contributed by atoms with E-state index in [1.54, 1.807) is 0 Å². The Hall–Kier alpha value is -0.613. The summed E-state index contributed by atoms with van der Waals surface area (Å²) in [5.41, 5.74) is -0.0390. The molecular weight excluding hydrogens is 256 g/mol. The van der Waals surface area contributed by atoms with Crippen LogP contribution in [0.1, 0.15) is 53.4 Å². The van der Waals surface area contributed by atoms with E-state index in [9.17, 15) is 4.79 Å².